The zero-order valence-corrected chi connectivity index (χ0v) is 10.4. The Hall–Kier alpha value is -1.22. The average molecular weight is 243 g/mol. The van der Waals surface area contributed by atoms with Gasteiger partial charge in [0.25, 0.3) is 0 Å². The molecule has 0 atom stereocenters. The molecule has 16 heavy (non-hydrogen) atoms. The Kier molecular flexibility index (Phi) is 4.62. The first-order valence-corrected chi connectivity index (χ1v) is 5.42. The van der Waals surface area contributed by atoms with Crippen molar-refractivity contribution in [2.45, 2.75) is 26.4 Å². The normalized spacial score (nSPS) is 10.3. The van der Waals surface area contributed by atoms with Crippen LogP contribution in [0.2, 0.25) is 5.02 Å². The summed E-state index contributed by atoms with van der Waals surface area (Å²) in [5.74, 6) is 0.346. The standard InChI is InChI=1S/C12H15ClO3/c1-8(2)16-12(14)7-9-4-5-11(15-3)10(13)6-9/h4-6,8H,7H2,1-3H3. The second-order valence-corrected chi connectivity index (χ2v) is 4.09. The van der Waals surface area contributed by atoms with E-state index in [4.69, 9.17) is 21.1 Å². The Balaban J connectivity index is 2.68. The first kappa shape index (κ1) is 12.8. The highest BCUT2D eigenvalue weighted by Crippen LogP contribution is 2.25. The molecule has 0 unspecified atom stereocenters. The van der Waals surface area contributed by atoms with Gasteiger partial charge in [-0.2, -0.15) is 0 Å². The SMILES string of the molecule is COc1ccc(CC(=O)OC(C)C)cc1Cl. The van der Waals surface area contributed by atoms with Gasteiger partial charge in [-0.1, -0.05) is 17.7 Å². The highest BCUT2D eigenvalue weighted by atomic mass is 35.5. The third-order valence-corrected chi connectivity index (χ3v) is 2.23. The topological polar surface area (TPSA) is 35.5 Å². The first-order chi connectivity index (χ1) is 7.52. The van der Waals surface area contributed by atoms with Crippen LogP contribution < -0.4 is 4.74 Å². The van der Waals surface area contributed by atoms with Gasteiger partial charge in [0.05, 0.1) is 24.7 Å². The van der Waals surface area contributed by atoms with Crippen molar-refractivity contribution < 1.29 is 14.3 Å². The lowest BCUT2D eigenvalue weighted by molar-refractivity contribution is -0.146. The van der Waals surface area contributed by atoms with E-state index in [0.717, 1.165) is 5.56 Å². The molecule has 0 aliphatic carbocycles. The van der Waals surface area contributed by atoms with Crippen molar-refractivity contribution in [2.24, 2.45) is 0 Å². The van der Waals surface area contributed by atoms with Gasteiger partial charge in [0.2, 0.25) is 0 Å². The van der Waals surface area contributed by atoms with E-state index in [1.165, 1.54) is 0 Å². The summed E-state index contributed by atoms with van der Waals surface area (Å²) in [5.41, 5.74) is 0.816. The Morgan fingerprint density at radius 3 is 2.62 bits per heavy atom. The number of carbonyl (C=O) groups excluding carboxylic acids is 1. The largest absolute Gasteiger partial charge is 0.495 e. The van der Waals surface area contributed by atoms with Crippen LogP contribution in [0.4, 0.5) is 0 Å². The van der Waals surface area contributed by atoms with E-state index >= 15 is 0 Å². The van der Waals surface area contributed by atoms with Crippen LogP contribution >= 0.6 is 11.6 Å². The lowest BCUT2D eigenvalue weighted by Gasteiger charge is -2.09. The van der Waals surface area contributed by atoms with Crippen molar-refractivity contribution in [3.8, 4) is 5.75 Å². The second-order valence-electron chi connectivity index (χ2n) is 3.68. The number of hydrogen-bond acceptors (Lipinski definition) is 3. The van der Waals surface area contributed by atoms with E-state index in [1.54, 1.807) is 25.3 Å². The van der Waals surface area contributed by atoms with Crippen LogP contribution in [0.25, 0.3) is 0 Å². The van der Waals surface area contributed by atoms with Crippen LogP contribution in [-0.4, -0.2) is 19.2 Å². The molecule has 0 saturated heterocycles. The van der Waals surface area contributed by atoms with Gasteiger partial charge < -0.3 is 9.47 Å². The maximum atomic E-state index is 11.4. The van der Waals surface area contributed by atoms with E-state index in [1.807, 2.05) is 13.8 Å². The summed E-state index contributed by atoms with van der Waals surface area (Å²) in [5, 5.41) is 0.498. The summed E-state index contributed by atoms with van der Waals surface area (Å²) >= 11 is 5.94. The molecule has 1 aromatic rings. The number of benzene rings is 1. The third kappa shape index (κ3) is 3.74. The molecule has 3 nitrogen and oxygen atoms in total. The number of halogens is 1. The van der Waals surface area contributed by atoms with Crippen molar-refractivity contribution in [2.75, 3.05) is 7.11 Å². The van der Waals surface area contributed by atoms with Gasteiger partial charge in [-0.15, -0.1) is 0 Å². The Labute approximate surface area is 100 Å². The summed E-state index contributed by atoms with van der Waals surface area (Å²) in [4.78, 5) is 11.4. The molecule has 88 valence electrons. The fourth-order valence-electron chi connectivity index (χ4n) is 1.29. The lowest BCUT2D eigenvalue weighted by atomic mass is 10.1. The van der Waals surface area contributed by atoms with Gasteiger partial charge in [0.1, 0.15) is 5.75 Å². The number of rotatable bonds is 4. The van der Waals surface area contributed by atoms with Gasteiger partial charge in [-0.05, 0) is 31.5 Å². The smallest absolute Gasteiger partial charge is 0.310 e. The quantitative estimate of drug-likeness (QED) is 0.762. The molecule has 1 aromatic carbocycles. The van der Waals surface area contributed by atoms with E-state index in [9.17, 15) is 4.79 Å². The molecule has 0 fully saturated rings. The summed E-state index contributed by atoms with van der Waals surface area (Å²) in [6.07, 6.45) is 0.128. The molecule has 0 saturated carbocycles. The molecular formula is C12H15ClO3. The van der Waals surface area contributed by atoms with Crippen LogP contribution in [0.15, 0.2) is 18.2 Å². The van der Waals surface area contributed by atoms with Gasteiger partial charge in [0, 0.05) is 0 Å². The van der Waals surface area contributed by atoms with Crippen molar-refractivity contribution in [3.63, 3.8) is 0 Å². The van der Waals surface area contributed by atoms with Crippen molar-refractivity contribution in [1.82, 2.24) is 0 Å². The van der Waals surface area contributed by atoms with Crippen molar-refractivity contribution in [1.29, 1.82) is 0 Å². The Morgan fingerprint density at radius 2 is 2.12 bits per heavy atom. The summed E-state index contributed by atoms with van der Waals surface area (Å²) in [7, 11) is 1.55. The van der Waals surface area contributed by atoms with Crippen molar-refractivity contribution >= 4 is 17.6 Å². The zero-order valence-electron chi connectivity index (χ0n) is 9.62. The van der Waals surface area contributed by atoms with E-state index in [-0.39, 0.29) is 18.5 Å². The number of esters is 1. The monoisotopic (exact) mass is 242 g/mol. The number of methoxy groups -OCH3 is 1. The Bertz CT molecular complexity index is 375. The molecule has 0 aliphatic heterocycles. The Morgan fingerprint density at radius 1 is 1.44 bits per heavy atom. The minimum absolute atomic E-state index is 0.0961. The van der Waals surface area contributed by atoms with Crippen LogP contribution in [0.3, 0.4) is 0 Å². The maximum absolute atomic E-state index is 11.4. The van der Waals surface area contributed by atoms with Crippen LogP contribution in [-0.2, 0) is 16.0 Å². The third-order valence-electron chi connectivity index (χ3n) is 1.93. The molecule has 0 amide bonds. The molecule has 0 radical (unpaired) electrons. The summed E-state index contributed by atoms with van der Waals surface area (Å²) < 4.78 is 10.1. The molecule has 4 heteroatoms. The molecule has 1 rings (SSSR count). The molecule has 0 bridgehead atoms. The molecule has 0 aromatic heterocycles. The molecule has 0 aliphatic rings. The number of carbonyl (C=O) groups is 1. The molecule has 0 heterocycles. The summed E-state index contributed by atoms with van der Waals surface area (Å²) in [6, 6.07) is 5.24. The summed E-state index contributed by atoms with van der Waals surface area (Å²) in [6.45, 7) is 3.64. The number of ether oxygens (including phenoxy) is 2. The zero-order chi connectivity index (χ0) is 12.1. The fraction of sp³-hybridized carbons (Fsp3) is 0.417. The highest BCUT2D eigenvalue weighted by molar-refractivity contribution is 6.32. The average Bonchev–Trinajstić information content (AvgIpc) is 2.16. The predicted molar refractivity (Wildman–Crippen MR) is 62.9 cm³/mol. The second kappa shape index (κ2) is 5.75. The minimum atomic E-state index is -0.253. The van der Waals surface area contributed by atoms with E-state index in [2.05, 4.69) is 0 Å². The van der Waals surface area contributed by atoms with Crippen LogP contribution in [0, 0.1) is 0 Å². The molecule has 0 spiro atoms. The predicted octanol–water partition coefficient (Wildman–Crippen LogP) is 2.84. The maximum Gasteiger partial charge on any atom is 0.310 e. The fourth-order valence-corrected chi connectivity index (χ4v) is 1.57. The minimum Gasteiger partial charge on any atom is -0.495 e. The number of hydrogen-bond donors (Lipinski definition) is 0. The van der Waals surface area contributed by atoms with Crippen molar-refractivity contribution in [3.05, 3.63) is 28.8 Å². The first-order valence-electron chi connectivity index (χ1n) is 5.05. The van der Waals surface area contributed by atoms with E-state index < -0.39 is 0 Å². The van der Waals surface area contributed by atoms with Crippen LogP contribution in [0.1, 0.15) is 19.4 Å². The lowest BCUT2D eigenvalue weighted by Crippen LogP contribution is -2.13. The van der Waals surface area contributed by atoms with Gasteiger partial charge in [-0.3, -0.25) is 4.79 Å². The van der Waals surface area contributed by atoms with Gasteiger partial charge in [0.15, 0.2) is 0 Å². The van der Waals surface area contributed by atoms with E-state index in [0.29, 0.717) is 10.8 Å². The van der Waals surface area contributed by atoms with Gasteiger partial charge in [-0.25, -0.2) is 0 Å². The van der Waals surface area contributed by atoms with Crippen LogP contribution in [0.5, 0.6) is 5.75 Å². The molecular weight excluding hydrogens is 228 g/mol. The highest BCUT2D eigenvalue weighted by Gasteiger charge is 2.08. The molecule has 0 N–H and O–H groups in total. The van der Waals surface area contributed by atoms with Gasteiger partial charge >= 0.3 is 5.97 Å².